The molecule has 128 valence electrons. The second kappa shape index (κ2) is 8.46. The van der Waals surface area contributed by atoms with Gasteiger partial charge in [0, 0.05) is 28.5 Å². The lowest BCUT2D eigenvalue weighted by Crippen LogP contribution is -2.05. The summed E-state index contributed by atoms with van der Waals surface area (Å²) in [7, 11) is 0. The molecule has 3 aromatic rings. The Morgan fingerprint density at radius 3 is 2.68 bits per heavy atom. The first-order chi connectivity index (χ1) is 12.1. The molecule has 0 aliphatic heterocycles. The Morgan fingerprint density at radius 2 is 1.92 bits per heavy atom. The summed E-state index contributed by atoms with van der Waals surface area (Å²) in [5.41, 5.74) is 2.83. The minimum atomic E-state index is -0.0975. The molecule has 0 spiro atoms. The van der Waals surface area contributed by atoms with E-state index in [9.17, 15) is 4.79 Å². The molecule has 25 heavy (non-hydrogen) atoms. The van der Waals surface area contributed by atoms with E-state index in [1.807, 2.05) is 36.4 Å². The molecule has 0 atom stereocenters. The Morgan fingerprint density at radius 1 is 1.16 bits per heavy atom. The first kappa shape index (κ1) is 17.9. The quantitative estimate of drug-likeness (QED) is 0.515. The lowest BCUT2D eigenvalue weighted by molar-refractivity contribution is -0.114. The molecular weight excluding hydrogens is 420 g/mol. The number of anilines is 3. The summed E-state index contributed by atoms with van der Waals surface area (Å²) in [5.74, 6) is 0.750. The van der Waals surface area contributed by atoms with Crippen LogP contribution < -0.4 is 10.6 Å². The summed E-state index contributed by atoms with van der Waals surface area (Å²) in [4.78, 5) is 11.1. The van der Waals surface area contributed by atoms with Crippen LogP contribution in [0.1, 0.15) is 12.5 Å². The number of halogens is 1. The maximum atomic E-state index is 11.1. The molecule has 5 nitrogen and oxygen atoms in total. The van der Waals surface area contributed by atoms with Gasteiger partial charge in [-0.3, -0.25) is 4.79 Å². The van der Waals surface area contributed by atoms with E-state index in [1.165, 1.54) is 23.8 Å². The first-order valence-electron chi connectivity index (χ1n) is 7.44. The topological polar surface area (TPSA) is 66.9 Å². The van der Waals surface area contributed by atoms with E-state index in [2.05, 4.69) is 48.9 Å². The Labute approximate surface area is 162 Å². The van der Waals surface area contributed by atoms with Crippen molar-refractivity contribution in [3.63, 3.8) is 0 Å². The summed E-state index contributed by atoms with van der Waals surface area (Å²) < 4.78 is 1.98. The van der Waals surface area contributed by atoms with Gasteiger partial charge in [-0.15, -0.1) is 10.2 Å². The molecule has 2 N–H and O–H groups in total. The van der Waals surface area contributed by atoms with Crippen LogP contribution in [0.2, 0.25) is 0 Å². The van der Waals surface area contributed by atoms with Crippen molar-refractivity contribution in [3.05, 3.63) is 58.6 Å². The van der Waals surface area contributed by atoms with Gasteiger partial charge in [0.2, 0.25) is 11.0 Å². The normalized spacial score (nSPS) is 10.5. The molecule has 3 rings (SSSR count). The van der Waals surface area contributed by atoms with E-state index in [1.54, 1.807) is 11.8 Å². The van der Waals surface area contributed by atoms with Crippen LogP contribution in [0.15, 0.2) is 57.3 Å². The van der Waals surface area contributed by atoms with Gasteiger partial charge < -0.3 is 10.6 Å². The van der Waals surface area contributed by atoms with Gasteiger partial charge in [0.05, 0.1) is 0 Å². The van der Waals surface area contributed by atoms with Crippen LogP contribution in [0.25, 0.3) is 0 Å². The number of aromatic nitrogens is 2. The molecular formula is C17H15BrN4OS2. The molecule has 2 aromatic carbocycles. The third-order valence-electron chi connectivity index (χ3n) is 3.12. The van der Waals surface area contributed by atoms with E-state index in [4.69, 9.17) is 0 Å². The van der Waals surface area contributed by atoms with Crippen molar-refractivity contribution in [2.75, 3.05) is 10.6 Å². The maximum absolute atomic E-state index is 11.1. The lowest BCUT2D eigenvalue weighted by atomic mass is 10.2. The fourth-order valence-electron chi connectivity index (χ4n) is 2.05. The van der Waals surface area contributed by atoms with Gasteiger partial charge in [-0.25, -0.2) is 0 Å². The molecule has 0 unspecified atom stereocenters. The van der Waals surface area contributed by atoms with Crippen molar-refractivity contribution in [3.8, 4) is 0 Å². The van der Waals surface area contributed by atoms with Gasteiger partial charge in [0.15, 0.2) is 4.34 Å². The molecule has 0 aliphatic carbocycles. The highest BCUT2D eigenvalue weighted by molar-refractivity contribution is 9.10. The van der Waals surface area contributed by atoms with Crippen LogP contribution in [-0.4, -0.2) is 16.1 Å². The molecule has 0 saturated heterocycles. The highest BCUT2D eigenvalue weighted by Crippen LogP contribution is 2.30. The van der Waals surface area contributed by atoms with E-state index < -0.39 is 0 Å². The van der Waals surface area contributed by atoms with Gasteiger partial charge in [-0.05, 0) is 35.9 Å². The van der Waals surface area contributed by atoms with Crippen molar-refractivity contribution in [1.29, 1.82) is 0 Å². The third-order valence-corrected chi connectivity index (χ3v) is 5.69. The molecule has 0 radical (unpaired) electrons. The second-order valence-corrected chi connectivity index (χ2v) is 8.29. The van der Waals surface area contributed by atoms with Crippen LogP contribution >= 0.6 is 39.0 Å². The summed E-state index contributed by atoms with van der Waals surface area (Å²) in [6.45, 7) is 1.49. The fraction of sp³-hybridized carbons (Fsp3) is 0.118. The zero-order valence-electron chi connectivity index (χ0n) is 13.3. The van der Waals surface area contributed by atoms with Gasteiger partial charge in [-0.1, -0.05) is 57.2 Å². The molecule has 1 amide bonds. The number of benzene rings is 2. The number of rotatable bonds is 6. The minimum absolute atomic E-state index is 0.0975. The summed E-state index contributed by atoms with van der Waals surface area (Å²) in [6.07, 6.45) is 0. The summed E-state index contributed by atoms with van der Waals surface area (Å²) in [5, 5.41) is 15.1. The van der Waals surface area contributed by atoms with Gasteiger partial charge in [0.1, 0.15) is 0 Å². The lowest BCUT2D eigenvalue weighted by Gasteiger charge is -2.05. The number of thioether (sulfide) groups is 1. The molecule has 0 bridgehead atoms. The minimum Gasteiger partial charge on any atom is -0.330 e. The van der Waals surface area contributed by atoms with Crippen LogP contribution in [-0.2, 0) is 10.5 Å². The van der Waals surface area contributed by atoms with Crippen LogP contribution in [0.4, 0.5) is 16.5 Å². The van der Waals surface area contributed by atoms with E-state index >= 15 is 0 Å². The monoisotopic (exact) mass is 434 g/mol. The van der Waals surface area contributed by atoms with Crippen molar-refractivity contribution in [1.82, 2.24) is 10.2 Å². The van der Waals surface area contributed by atoms with Gasteiger partial charge in [-0.2, -0.15) is 0 Å². The Balaban J connectivity index is 1.59. The first-order valence-corrected chi connectivity index (χ1v) is 10.0. The van der Waals surface area contributed by atoms with E-state index in [-0.39, 0.29) is 5.91 Å². The van der Waals surface area contributed by atoms with Crippen molar-refractivity contribution >= 4 is 61.4 Å². The van der Waals surface area contributed by atoms with Crippen LogP contribution in [0.5, 0.6) is 0 Å². The van der Waals surface area contributed by atoms with E-state index in [0.29, 0.717) is 0 Å². The highest BCUT2D eigenvalue weighted by atomic mass is 79.9. The number of hydrogen-bond donors (Lipinski definition) is 2. The number of nitrogens with zero attached hydrogens (tertiary/aromatic N) is 2. The molecule has 0 saturated carbocycles. The largest absolute Gasteiger partial charge is 0.330 e. The standard InChI is InChI=1S/C17H15BrN4OS2/c1-11(23)19-14-3-2-4-15(9-14)20-16-21-22-17(25-16)24-10-12-5-7-13(18)8-6-12/h2-9H,10H2,1H3,(H,19,23)(H,20,21). The van der Waals surface area contributed by atoms with Crippen LogP contribution in [0.3, 0.4) is 0 Å². The fourth-order valence-corrected chi connectivity index (χ4v) is 4.04. The predicted molar refractivity (Wildman–Crippen MR) is 108 cm³/mol. The zero-order valence-corrected chi connectivity index (χ0v) is 16.5. The highest BCUT2D eigenvalue weighted by Gasteiger charge is 2.06. The number of amides is 1. The number of hydrogen-bond acceptors (Lipinski definition) is 6. The smallest absolute Gasteiger partial charge is 0.221 e. The Kier molecular flexibility index (Phi) is 6.06. The molecule has 0 fully saturated rings. The molecule has 1 aromatic heterocycles. The van der Waals surface area contributed by atoms with Crippen molar-refractivity contribution in [2.45, 2.75) is 17.0 Å². The second-order valence-electron chi connectivity index (χ2n) is 5.18. The van der Waals surface area contributed by atoms with Crippen molar-refractivity contribution in [2.24, 2.45) is 0 Å². The Hall–Kier alpha value is -1.90. The maximum Gasteiger partial charge on any atom is 0.221 e. The van der Waals surface area contributed by atoms with Gasteiger partial charge in [0.25, 0.3) is 0 Å². The molecule has 0 aliphatic rings. The van der Waals surface area contributed by atoms with E-state index in [0.717, 1.165) is 31.1 Å². The third kappa shape index (κ3) is 5.55. The number of carbonyl (C=O) groups excluding carboxylic acids is 1. The predicted octanol–water partition coefficient (Wildman–Crippen LogP) is 5.29. The molecule has 1 heterocycles. The SMILES string of the molecule is CC(=O)Nc1cccc(Nc2nnc(SCc3ccc(Br)cc3)s2)c1. The molecule has 8 heteroatoms. The summed E-state index contributed by atoms with van der Waals surface area (Å²) in [6, 6.07) is 15.7. The average molecular weight is 435 g/mol. The summed E-state index contributed by atoms with van der Waals surface area (Å²) >= 11 is 6.59. The average Bonchev–Trinajstić information content (AvgIpc) is 3.01. The number of nitrogens with one attached hydrogen (secondary N) is 2. The van der Waals surface area contributed by atoms with Crippen molar-refractivity contribution < 1.29 is 4.79 Å². The van der Waals surface area contributed by atoms with Gasteiger partial charge >= 0.3 is 0 Å². The van der Waals surface area contributed by atoms with Crippen LogP contribution in [0, 0.1) is 0 Å². The zero-order chi connectivity index (χ0) is 17.6. The Bertz CT molecular complexity index is 867. The number of carbonyl (C=O) groups is 1.